The molecule has 0 aromatic heterocycles. The molecule has 0 N–H and O–H groups in total. The molecule has 1 atom stereocenters. The van der Waals surface area contributed by atoms with Gasteiger partial charge < -0.3 is 9.47 Å². The zero-order chi connectivity index (χ0) is 14.0. The van der Waals surface area contributed by atoms with Crippen LogP contribution in [0.5, 0.6) is 0 Å². The minimum absolute atomic E-state index is 0.201. The van der Waals surface area contributed by atoms with E-state index in [2.05, 4.69) is 4.74 Å². The van der Waals surface area contributed by atoms with E-state index in [1.165, 1.54) is 0 Å². The first-order chi connectivity index (χ1) is 8.56. The van der Waals surface area contributed by atoms with Crippen LogP contribution in [-0.4, -0.2) is 24.5 Å². The summed E-state index contributed by atoms with van der Waals surface area (Å²) in [6.07, 6.45) is 3.07. The third-order valence-corrected chi connectivity index (χ3v) is 2.46. The molecule has 0 aliphatic heterocycles. The Morgan fingerprint density at radius 1 is 1.00 bits per heavy atom. The molecule has 5 heteroatoms. The molecular weight excluding hydrogens is 236 g/mol. The molecule has 0 aromatic carbocycles. The Balaban J connectivity index is 4.18. The van der Waals surface area contributed by atoms with Gasteiger partial charge in [-0.15, -0.1) is 0 Å². The van der Waals surface area contributed by atoms with E-state index in [4.69, 9.17) is 4.74 Å². The first-order valence-corrected chi connectivity index (χ1v) is 6.47. The fourth-order valence-electron chi connectivity index (χ4n) is 1.43. The summed E-state index contributed by atoms with van der Waals surface area (Å²) in [5.41, 5.74) is 0. The highest BCUT2D eigenvalue weighted by Gasteiger charge is 2.29. The van der Waals surface area contributed by atoms with Crippen molar-refractivity contribution in [2.45, 2.75) is 52.9 Å². The van der Waals surface area contributed by atoms with Crippen LogP contribution in [0, 0.1) is 5.92 Å². The highest BCUT2D eigenvalue weighted by molar-refractivity contribution is 5.99. The third kappa shape index (κ3) is 6.37. The topological polar surface area (TPSA) is 69.7 Å². The van der Waals surface area contributed by atoms with Crippen LogP contribution in [0.15, 0.2) is 0 Å². The molecule has 0 heterocycles. The Bertz CT molecular complexity index is 285. The number of rotatable bonds is 8. The van der Waals surface area contributed by atoms with Crippen molar-refractivity contribution >= 4 is 17.9 Å². The van der Waals surface area contributed by atoms with E-state index in [0.717, 1.165) is 12.8 Å². The highest BCUT2D eigenvalue weighted by Crippen LogP contribution is 2.10. The summed E-state index contributed by atoms with van der Waals surface area (Å²) in [7, 11) is 0. The lowest BCUT2D eigenvalue weighted by Gasteiger charge is -2.11. The second-order valence-corrected chi connectivity index (χ2v) is 3.96. The SMILES string of the molecule is CCCCCC(=O)OC(=O)C(CC)C(=O)OCC. The summed E-state index contributed by atoms with van der Waals surface area (Å²) in [6.45, 7) is 5.55. The van der Waals surface area contributed by atoms with Crippen molar-refractivity contribution in [2.75, 3.05) is 6.61 Å². The molecule has 0 rings (SSSR count). The summed E-state index contributed by atoms with van der Waals surface area (Å²) >= 11 is 0. The van der Waals surface area contributed by atoms with Crippen LogP contribution >= 0.6 is 0 Å². The number of carbonyl (C=O) groups is 3. The molecule has 0 saturated carbocycles. The average molecular weight is 258 g/mol. The summed E-state index contributed by atoms with van der Waals surface area (Å²) in [5, 5.41) is 0. The maximum atomic E-state index is 11.6. The Kier molecular flexibility index (Phi) is 8.88. The lowest BCUT2D eigenvalue weighted by molar-refractivity contribution is -0.168. The molecule has 0 spiro atoms. The summed E-state index contributed by atoms with van der Waals surface area (Å²) < 4.78 is 9.38. The normalized spacial score (nSPS) is 11.7. The van der Waals surface area contributed by atoms with Gasteiger partial charge in [0, 0.05) is 6.42 Å². The Morgan fingerprint density at radius 2 is 1.67 bits per heavy atom. The number of esters is 3. The Hall–Kier alpha value is -1.39. The lowest BCUT2D eigenvalue weighted by Crippen LogP contribution is -2.29. The molecular formula is C13H22O5. The monoisotopic (exact) mass is 258 g/mol. The molecule has 0 aromatic rings. The van der Waals surface area contributed by atoms with Crippen molar-refractivity contribution in [1.82, 2.24) is 0 Å². The van der Waals surface area contributed by atoms with Gasteiger partial charge in [-0.25, -0.2) is 0 Å². The molecule has 0 fully saturated rings. The van der Waals surface area contributed by atoms with Gasteiger partial charge in [-0.3, -0.25) is 14.4 Å². The van der Waals surface area contributed by atoms with Gasteiger partial charge in [0.15, 0.2) is 5.92 Å². The molecule has 0 amide bonds. The van der Waals surface area contributed by atoms with Gasteiger partial charge in [-0.05, 0) is 19.8 Å². The van der Waals surface area contributed by atoms with E-state index < -0.39 is 23.8 Å². The number of hydrogen-bond donors (Lipinski definition) is 0. The van der Waals surface area contributed by atoms with Crippen molar-refractivity contribution in [1.29, 1.82) is 0 Å². The van der Waals surface area contributed by atoms with Gasteiger partial charge in [-0.2, -0.15) is 0 Å². The maximum absolute atomic E-state index is 11.6. The Labute approximate surface area is 108 Å². The van der Waals surface area contributed by atoms with Crippen LogP contribution in [0.3, 0.4) is 0 Å². The van der Waals surface area contributed by atoms with Crippen LogP contribution in [-0.2, 0) is 23.9 Å². The van der Waals surface area contributed by atoms with Crippen molar-refractivity contribution in [2.24, 2.45) is 5.92 Å². The average Bonchev–Trinajstić information content (AvgIpc) is 2.30. The van der Waals surface area contributed by atoms with Crippen LogP contribution in [0.2, 0.25) is 0 Å². The standard InChI is InChI=1S/C13H22O5/c1-4-7-8-9-11(14)18-13(16)10(5-2)12(15)17-6-3/h10H,4-9H2,1-3H3. The molecule has 1 unspecified atom stereocenters. The van der Waals surface area contributed by atoms with Crippen molar-refractivity contribution < 1.29 is 23.9 Å². The first-order valence-electron chi connectivity index (χ1n) is 6.47. The number of carbonyl (C=O) groups excluding carboxylic acids is 3. The third-order valence-electron chi connectivity index (χ3n) is 2.46. The molecule has 0 bridgehead atoms. The number of ether oxygens (including phenoxy) is 2. The predicted molar refractivity (Wildman–Crippen MR) is 65.7 cm³/mol. The molecule has 0 aliphatic rings. The largest absolute Gasteiger partial charge is 0.465 e. The van der Waals surface area contributed by atoms with E-state index in [-0.39, 0.29) is 19.4 Å². The van der Waals surface area contributed by atoms with Gasteiger partial charge in [-0.1, -0.05) is 26.7 Å². The van der Waals surface area contributed by atoms with Gasteiger partial charge in [0.1, 0.15) is 0 Å². The quantitative estimate of drug-likeness (QED) is 0.379. The molecule has 0 radical (unpaired) electrons. The maximum Gasteiger partial charge on any atom is 0.327 e. The number of unbranched alkanes of at least 4 members (excludes halogenated alkanes) is 2. The zero-order valence-corrected chi connectivity index (χ0v) is 11.4. The van der Waals surface area contributed by atoms with Crippen molar-refractivity contribution in [3.05, 3.63) is 0 Å². The predicted octanol–water partition coefficient (Wildman–Crippen LogP) is 2.23. The van der Waals surface area contributed by atoms with Gasteiger partial charge in [0.2, 0.25) is 0 Å². The van der Waals surface area contributed by atoms with E-state index in [1.54, 1.807) is 13.8 Å². The van der Waals surface area contributed by atoms with E-state index in [1.807, 2.05) is 6.92 Å². The smallest absolute Gasteiger partial charge is 0.327 e. The molecule has 5 nitrogen and oxygen atoms in total. The van der Waals surface area contributed by atoms with E-state index in [9.17, 15) is 14.4 Å². The first kappa shape index (κ1) is 16.6. The van der Waals surface area contributed by atoms with Crippen molar-refractivity contribution in [3.63, 3.8) is 0 Å². The second kappa shape index (κ2) is 9.62. The second-order valence-electron chi connectivity index (χ2n) is 3.96. The number of hydrogen-bond acceptors (Lipinski definition) is 5. The molecule has 0 saturated heterocycles. The molecule has 104 valence electrons. The minimum atomic E-state index is -1.000. The van der Waals surface area contributed by atoms with Crippen molar-refractivity contribution in [3.8, 4) is 0 Å². The van der Waals surface area contributed by atoms with Gasteiger partial charge in [0.05, 0.1) is 6.61 Å². The van der Waals surface area contributed by atoms with Gasteiger partial charge >= 0.3 is 17.9 Å². The zero-order valence-electron chi connectivity index (χ0n) is 11.4. The van der Waals surface area contributed by atoms with Crippen LogP contribution in [0.4, 0.5) is 0 Å². The summed E-state index contributed by atoms with van der Waals surface area (Å²) in [5.74, 6) is -3.01. The van der Waals surface area contributed by atoms with Crippen LogP contribution < -0.4 is 0 Å². The van der Waals surface area contributed by atoms with Crippen LogP contribution in [0.25, 0.3) is 0 Å². The minimum Gasteiger partial charge on any atom is -0.465 e. The van der Waals surface area contributed by atoms with E-state index in [0.29, 0.717) is 6.42 Å². The Morgan fingerprint density at radius 3 is 2.17 bits per heavy atom. The highest BCUT2D eigenvalue weighted by atomic mass is 16.6. The lowest BCUT2D eigenvalue weighted by atomic mass is 10.1. The van der Waals surface area contributed by atoms with Crippen LogP contribution in [0.1, 0.15) is 52.9 Å². The summed E-state index contributed by atoms with van der Waals surface area (Å²) in [4.78, 5) is 34.3. The molecule has 0 aliphatic carbocycles. The fraction of sp³-hybridized carbons (Fsp3) is 0.769. The summed E-state index contributed by atoms with van der Waals surface area (Å²) in [6, 6.07) is 0. The van der Waals surface area contributed by atoms with E-state index >= 15 is 0 Å². The molecule has 18 heavy (non-hydrogen) atoms. The van der Waals surface area contributed by atoms with Gasteiger partial charge in [0.25, 0.3) is 0 Å². The fourth-order valence-corrected chi connectivity index (χ4v) is 1.43.